The Kier molecular flexibility index (Phi) is 2.54. The van der Waals surface area contributed by atoms with E-state index in [1.165, 1.54) is 6.07 Å². The van der Waals surface area contributed by atoms with Gasteiger partial charge < -0.3 is 4.74 Å². The van der Waals surface area contributed by atoms with Gasteiger partial charge in [0.2, 0.25) is 0 Å². The van der Waals surface area contributed by atoms with E-state index >= 15 is 0 Å². The number of Topliss-reactive ketones (excluding diaryl/α,β-unsaturated/α-hetero) is 1. The topological polar surface area (TPSA) is 26.3 Å². The van der Waals surface area contributed by atoms with Gasteiger partial charge >= 0.3 is 6.18 Å². The van der Waals surface area contributed by atoms with E-state index < -0.39 is 17.3 Å². The fourth-order valence-corrected chi connectivity index (χ4v) is 1.86. The molecule has 1 heterocycles. The highest BCUT2D eigenvalue weighted by Gasteiger charge is 2.37. The molecule has 0 amide bonds. The van der Waals surface area contributed by atoms with Gasteiger partial charge in [-0.1, -0.05) is 6.07 Å². The van der Waals surface area contributed by atoms with Crippen molar-refractivity contribution in [3.05, 3.63) is 34.9 Å². The fourth-order valence-electron chi connectivity index (χ4n) is 1.86. The van der Waals surface area contributed by atoms with Crippen LogP contribution in [-0.2, 0) is 16.5 Å². The van der Waals surface area contributed by atoms with Gasteiger partial charge in [-0.15, -0.1) is 0 Å². The Morgan fingerprint density at radius 1 is 1.29 bits per heavy atom. The Balaban J connectivity index is 2.60. The first-order valence-electron chi connectivity index (χ1n) is 5.11. The molecule has 0 fully saturated rings. The van der Waals surface area contributed by atoms with E-state index in [1.807, 2.05) is 0 Å². The lowest BCUT2D eigenvalue weighted by Gasteiger charge is -2.32. The molecular formula is C12H11F3O2. The Hall–Kier alpha value is -1.36. The average molecular weight is 244 g/mol. The van der Waals surface area contributed by atoms with E-state index in [0.717, 1.165) is 12.1 Å². The smallest absolute Gasteiger partial charge is 0.363 e. The van der Waals surface area contributed by atoms with Crippen LogP contribution in [0.25, 0.3) is 0 Å². The molecule has 0 radical (unpaired) electrons. The highest BCUT2D eigenvalue weighted by molar-refractivity contribution is 5.99. The maximum atomic E-state index is 12.6. The lowest BCUT2D eigenvalue weighted by molar-refractivity contribution is -0.137. The molecular weight excluding hydrogens is 233 g/mol. The number of hydrogen-bond acceptors (Lipinski definition) is 2. The van der Waals surface area contributed by atoms with Gasteiger partial charge in [-0.05, 0) is 31.5 Å². The third-order valence-corrected chi connectivity index (χ3v) is 2.86. The first-order valence-corrected chi connectivity index (χ1v) is 5.11. The normalized spacial score (nSPS) is 19.0. The van der Waals surface area contributed by atoms with Crippen LogP contribution in [0.1, 0.15) is 35.3 Å². The number of alkyl halides is 3. The minimum absolute atomic E-state index is 0.0919. The third kappa shape index (κ3) is 2.07. The van der Waals surface area contributed by atoms with E-state index in [4.69, 9.17) is 4.74 Å². The van der Waals surface area contributed by atoms with Crippen molar-refractivity contribution in [2.24, 2.45) is 0 Å². The molecule has 0 bridgehead atoms. The Labute approximate surface area is 96.4 Å². The van der Waals surface area contributed by atoms with Crippen molar-refractivity contribution in [3.8, 4) is 0 Å². The van der Waals surface area contributed by atoms with E-state index in [1.54, 1.807) is 13.8 Å². The molecule has 1 aromatic carbocycles. The molecule has 1 aliphatic heterocycles. The predicted octanol–water partition coefficient (Wildman–Crippen LogP) is 3.15. The number of carbonyl (C=O) groups is 1. The summed E-state index contributed by atoms with van der Waals surface area (Å²) in [6.07, 6.45) is -4.41. The maximum absolute atomic E-state index is 12.6. The molecule has 2 nitrogen and oxygen atoms in total. The van der Waals surface area contributed by atoms with Crippen LogP contribution < -0.4 is 0 Å². The molecule has 0 aliphatic carbocycles. The van der Waals surface area contributed by atoms with Crippen LogP contribution in [0.15, 0.2) is 18.2 Å². The van der Waals surface area contributed by atoms with Gasteiger partial charge in [0.1, 0.15) is 6.61 Å². The van der Waals surface area contributed by atoms with Crippen molar-refractivity contribution in [2.45, 2.75) is 25.6 Å². The minimum Gasteiger partial charge on any atom is -0.363 e. The lowest BCUT2D eigenvalue weighted by atomic mass is 9.87. The summed E-state index contributed by atoms with van der Waals surface area (Å²) in [5, 5.41) is 0. The van der Waals surface area contributed by atoms with Crippen molar-refractivity contribution >= 4 is 5.78 Å². The van der Waals surface area contributed by atoms with Crippen LogP contribution in [-0.4, -0.2) is 12.4 Å². The van der Waals surface area contributed by atoms with Crippen molar-refractivity contribution in [1.29, 1.82) is 0 Å². The van der Waals surface area contributed by atoms with Crippen LogP contribution in [0.3, 0.4) is 0 Å². The summed E-state index contributed by atoms with van der Waals surface area (Å²) < 4.78 is 43.0. The number of ether oxygens (including phenoxy) is 1. The van der Waals surface area contributed by atoms with Crippen molar-refractivity contribution in [3.63, 3.8) is 0 Å². The van der Waals surface area contributed by atoms with Crippen molar-refractivity contribution < 1.29 is 22.7 Å². The molecule has 92 valence electrons. The molecule has 1 aliphatic rings. The third-order valence-electron chi connectivity index (χ3n) is 2.86. The van der Waals surface area contributed by atoms with Gasteiger partial charge in [0.15, 0.2) is 5.78 Å². The molecule has 0 aromatic heterocycles. The van der Waals surface area contributed by atoms with Crippen LogP contribution in [0.2, 0.25) is 0 Å². The molecule has 0 spiro atoms. The summed E-state index contributed by atoms with van der Waals surface area (Å²) in [5.74, 6) is -0.284. The number of fused-ring (bicyclic) bond motifs is 1. The highest BCUT2D eigenvalue weighted by atomic mass is 19.4. The van der Waals surface area contributed by atoms with Crippen LogP contribution in [0.5, 0.6) is 0 Å². The number of rotatable bonds is 0. The first kappa shape index (κ1) is 12.1. The SMILES string of the molecule is CC1(C)OCC(=O)c2ccc(C(F)(F)F)cc21. The summed E-state index contributed by atoms with van der Waals surface area (Å²) in [6, 6.07) is 3.15. The van der Waals surface area contributed by atoms with Crippen LogP contribution in [0, 0.1) is 0 Å². The standard InChI is InChI=1S/C12H11F3O2/c1-11(2)9-5-7(12(13,14)15)3-4-8(9)10(16)6-17-11/h3-5H,6H2,1-2H3. The summed E-state index contributed by atoms with van der Waals surface area (Å²) in [6.45, 7) is 3.21. The van der Waals surface area contributed by atoms with Crippen molar-refractivity contribution in [1.82, 2.24) is 0 Å². The molecule has 2 rings (SSSR count). The second-order valence-electron chi connectivity index (χ2n) is 4.48. The van der Waals surface area contributed by atoms with E-state index in [0.29, 0.717) is 11.1 Å². The zero-order chi connectivity index (χ0) is 12.8. The summed E-state index contributed by atoms with van der Waals surface area (Å²) in [7, 11) is 0. The Morgan fingerprint density at radius 2 is 1.94 bits per heavy atom. The van der Waals surface area contributed by atoms with Gasteiger partial charge in [-0.25, -0.2) is 0 Å². The molecule has 0 atom stereocenters. The van der Waals surface area contributed by atoms with Gasteiger partial charge in [0.05, 0.1) is 11.2 Å². The van der Waals surface area contributed by atoms with Gasteiger partial charge in [0.25, 0.3) is 0 Å². The molecule has 0 N–H and O–H groups in total. The number of ketones is 1. The average Bonchev–Trinajstić information content (AvgIpc) is 2.22. The summed E-state index contributed by atoms with van der Waals surface area (Å²) in [4.78, 5) is 11.5. The largest absolute Gasteiger partial charge is 0.416 e. The molecule has 17 heavy (non-hydrogen) atoms. The Morgan fingerprint density at radius 3 is 2.53 bits per heavy atom. The number of carbonyl (C=O) groups excluding carboxylic acids is 1. The van der Waals surface area contributed by atoms with Crippen molar-refractivity contribution in [2.75, 3.05) is 6.61 Å². The monoisotopic (exact) mass is 244 g/mol. The lowest BCUT2D eigenvalue weighted by Crippen LogP contribution is -2.33. The van der Waals surface area contributed by atoms with Crippen LogP contribution in [0.4, 0.5) is 13.2 Å². The molecule has 0 saturated heterocycles. The van der Waals surface area contributed by atoms with Gasteiger partial charge in [-0.3, -0.25) is 4.79 Å². The second-order valence-corrected chi connectivity index (χ2v) is 4.48. The number of halogens is 3. The molecule has 0 saturated carbocycles. The molecule has 1 aromatic rings. The second kappa shape index (κ2) is 3.57. The maximum Gasteiger partial charge on any atom is 0.416 e. The Bertz CT molecular complexity index is 475. The van der Waals surface area contributed by atoms with E-state index in [-0.39, 0.29) is 12.4 Å². The zero-order valence-corrected chi connectivity index (χ0v) is 9.39. The predicted molar refractivity (Wildman–Crippen MR) is 54.8 cm³/mol. The minimum atomic E-state index is -4.41. The van der Waals surface area contributed by atoms with E-state index in [2.05, 4.69) is 0 Å². The van der Waals surface area contributed by atoms with Crippen LogP contribution >= 0.6 is 0 Å². The van der Waals surface area contributed by atoms with Gasteiger partial charge in [0, 0.05) is 5.56 Å². The number of benzene rings is 1. The first-order chi connectivity index (χ1) is 7.72. The molecule has 5 heteroatoms. The van der Waals surface area contributed by atoms with E-state index in [9.17, 15) is 18.0 Å². The summed E-state index contributed by atoms with van der Waals surface area (Å²) in [5.41, 5.74) is -1.02. The highest BCUT2D eigenvalue weighted by Crippen LogP contribution is 2.37. The quantitative estimate of drug-likeness (QED) is 0.700. The summed E-state index contributed by atoms with van der Waals surface area (Å²) >= 11 is 0. The number of hydrogen-bond donors (Lipinski definition) is 0. The van der Waals surface area contributed by atoms with Gasteiger partial charge in [-0.2, -0.15) is 13.2 Å². The molecule has 0 unspecified atom stereocenters. The fraction of sp³-hybridized carbons (Fsp3) is 0.417. The zero-order valence-electron chi connectivity index (χ0n) is 9.39.